The van der Waals surface area contributed by atoms with Gasteiger partial charge in [-0.2, -0.15) is 0 Å². The first-order chi connectivity index (χ1) is 5.93. The van der Waals surface area contributed by atoms with E-state index >= 15 is 0 Å². The quantitative estimate of drug-likeness (QED) is 0.475. The van der Waals surface area contributed by atoms with Crippen LogP contribution in [0, 0.1) is 5.41 Å². The van der Waals surface area contributed by atoms with Crippen LogP contribution in [0.5, 0.6) is 0 Å². The lowest BCUT2D eigenvalue weighted by molar-refractivity contribution is -0.119. The van der Waals surface area contributed by atoms with Crippen molar-refractivity contribution in [3.8, 4) is 0 Å². The molecule has 3 aliphatic carbocycles. The molecule has 0 aromatic carbocycles. The summed E-state index contributed by atoms with van der Waals surface area (Å²) < 4.78 is 49.0. The molecule has 3 rings (SSSR count). The molecule has 0 heterocycles. The molecule has 0 aromatic rings. The van der Waals surface area contributed by atoms with Crippen LogP contribution < -0.4 is 0 Å². The average Bonchev–Trinajstić information content (AvgIpc) is 1.78. The number of alkyl halides is 1. The Labute approximate surface area is 74.8 Å². The highest BCUT2D eigenvalue weighted by atomic mass is 19.4. The summed E-state index contributed by atoms with van der Waals surface area (Å²) in [4.78, 5) is 0. The Morgan fingerprint density at radius 3 is 2.00 bits per heavy atom. The average molecular weight is 195 g/mol. The van der Waals surface area contributed by atoms with Crippen molar-refractivity contribution < 1.29 is 17.3 Å². The molecular weight excluding hydrogens is 183 g/mol. The van der Waals surface area contributed by atoms with E-state index in [-0.39, 0.29) is 24.7 Å². The Bertz CT molecular complexity index is 203. The molecule has 0 N–H and O–H groups in total. The Kier molecular flexibility index (Phi) is 1.74. The zero-order valence-electron chi connectivity index (χ0n) is 7.33. The fourth-order valence-electron chi connectivity index (χ4n) is 3.14. The van der Waals surface area contributed by atoms with Gasteiger partial charge in [-0.1, -0.05) is 24.6 Å². The van der Waals surface area contributed by atoms with Gasteiger partial charge in [-0.3, -0.25) is 4.39 Å². The van der Waals surface area contributed by atoms with Gasteiger partial charge in [0.15, 0.2) is 0 Å². The molecule has 0 nitrogen and oxygen atoms in total. The van der Waals surface area contributed by atoms with Crippen LogP contribution in [0.1, 0.15) is 32.1 Å². The second-order valence-electron chi connectivity index (χ2n) is 4.76. The Hall–Kier alpha value is -0.215. The van der Waals surface area contributed by atoms with Crippen LogP contribution in [0.2, 0.25) is 5.31 Å². The topological polar surface area (TPSA) is 0 Å². The molecule has 2 bridgehead atoms. The number of halogens is 4. The molecule has 0 atom stereocenters. The zero-order chi connectivity index (χ0) is 9.74. The molecule has 13 heavy (non-hydrogen) atoms. The molecular formula is C8H12BF4-. The first-order valence-corrected chi connectivity index (χ1v) is 4.69. The number of hydrogen-bond acceptors (Lipinski definition) is 0. The summed E-state index contributed by atoms with van der Waals surface area (Å²) in [5.41, 5.74) is -0.108. The van der Waals surface area contributed by atoms with Gasteiger partial charge in [-0.25, -0.2) is 0 Å². The van der Waals surface area contributed by atoms with Gasteiger partial charge in [0.1, 0.15) is 0 Å². The Morgan fingerprint density at radius 2 is 1.62 bits per heavy atom. The third-order valence-electron chi connectivity index (χ3n) is 3.72. The minimum atomic E-state index is -4.65. The summed E-state index contributed by atoms with van der Waals surface area (Å²) in [6, 6.07) is 0. The Morgan fingerprint density at radius 1 is 1.08 bits per heavy atom. The highest BCUT2D eigenvalue weighted by molar-refractivity contribution is 6.63. The van der Waals surface area contributed by atoms with Crippen molar-refractivity contribution in [3.05, 3.63) is 0 Å². The van der Waals surface area contributed by atoms with Gasteiger partial charge in [0, 0.05) is 0 Å². The summed E-state index contributed by atoms with van der Waals surface area (Å²) in [7, 11) is 0. The standard InChI is InChI=1S/C8H12BF4/c10-3-1-2-7-4-8(5-7,6-7)9(11,12)13/h1-6H2/q-1. The highest BCUT2D eigenvalue weighted by Crippen LogP contribution is 2.83. The lowest BCUT2D eigenvalue weighted by atomic mass is 9.23. The van der Waals surface area contributed by atoms with Crippen molar-refractivity contribution in [1.29, 1.82) is 0 Å². The van der Waals surface area contributed by atoms with Crippen LogP contribution in [-0.2, 0) is 0 Å². The fourth-order valence-corrected chi connectivity index (χ4v) is 3.14. The van der Waals surface area contributed by atoms with Gasteiger partial charge in [0.25, 0.3) is 0 Å². The maximum absolute atomic E-state index is 12.4. The summed E-state index contributed by atoms with van der Waals surface area (Å²) in [5, 5.41) is -1.30. The van der Waals surface area contributed by atoms with Gasteiger partial charge in [0.05, 0.1) is 6.67 Å². The normalized spacial score (nSPS) is 42.5. The second kappa shape index (κ2) is 2.42. The predicted octanol–water partition coefficient (Wildman–Crippen LogP) is 3.51. The van der Waals surface area contributed by atoms with Gasteiger partial charge < -0.3 is 12.9 Å². The van der Waals surface area contributed by atoms with Crippen LogP contribution in [-0.4, -0.2) is 13.7 Å². The Balaban J connectivity index is 1.86. The molecule has 5 heteroatoms. The number of rotatable bonds is 4. The largest absolute Gasteiger partial charge is 0.484 e. The van der Waals surface area contributed by atoms with Crippen molar-refractivity contribution in [1.82, 2.24) is 0 Å². The predicted molar refractivity (Wildman–Crippen MR) is 43.3 cm³/mol. The highest BCUT2D eigenvalue weighted by Gasteiger charge is 2.73. The van der Waals surface area contributed by atoms with Crippen LogP contribution >= 0.6 is 0 Å². The molecule has 0 spiro atoms. The summed E-state index contributed by atoms with van der Waals surface area (Å²) in [5.74, 6) is 0. The van der Waals surface area contributed by atoms with Crippen LogP contribution in [0.4, 0.5) is 17.3 Å². The molecule has 76 valence electrons. The van der Waals surface area contributed by atoms with E-state index in [1.165, 1.54) is 0 Å². The van der Waals surface area contributed by atoms with E-state index < -0.39 is 19.0 Å². The third-order valence-corrected chi connectivity index (χ3v) is 3.72. The van der Waals surface area contributed by atoms with Crippen molar-refractivity contribution >= 4 is 6.98 Å². The van der Waals surface area contributed by atoms with Gasteiger partial charge >= 0.3 is 6.98 Å². The first kappa shape index (κ1) is 9.34. The van der Waals surface area contributed by atoms with E-state index in [1.54, 1.807) is 0 Å². The van der Waals surface area contributed by atoms with Crippen molar-refractivity contribution in [3.63, 3.8) is 0 Å². The monoisotopic (exact) mass is 195 g/mol. The van der Waals surface area contributed by atoms with Gasteiger partial charge in [-0.15, -0.1) is 0 Å². The molecule has 0 saturated heterocycles. The lowest BCUT2D eigenvalue weighted by Crippen LogP contribution is -2.64. The molecule has 0 unspecified atom stereocenters. The van der Waals surface area contributed by atoms with Gasteiger partial charge in [-0.05, 0) is 18.3 Å². The number of hydrogen-bond donors (Lipinski definition) is 0. The van der Waals surface area contributed by atoms with Crippen LogP contribution in [0.3, 0.4) is 0 Å². The SMILES string of the molecule is FCCCC12CC([B-](F)(F)F)(C1)C2. The second-order valence-corrected chi connectivity index (χ2v) is 4.76. The van der Waals surface area contributed by atoms with Crippen molar-refractivity contribution in [2.24, 2.45) is 5.41 Å². The first-order valence-electron chi connectivity index (χ1n) is 4.69. The molecule has 0 amide bonds. The third kappa shape index (κ3) is 1.12. The zero-order valence-corrected chi connectivity index (χ0v) is 7.33. The van der Waals surface area contributed by atoms with E-state index in [4.69, 9.17) is 0 Å². The van der Waals surface area contributed by atoms with Gasteiger partial charge in [0.2, 0.25) is 0 Å². The molecule has 0 aliphatic heterocycles. The van der Waals surface area contributed by atoms with E-state index in [2.05, 4.69) is 0 Å². The van der Waals surface area contributed by atoms with E-state index in [1.807, 2.05) is 0 Å². The van der Waals surface area contributed by atoms with E-state index in [0.29, 0.717) is 12.8 Å². The molecule has 3 aliphatic rings. The minimum Gasteiger partial charge on any atom is -0.449 e. The molecule has 0 aromatic heterocycles. The van der Waals surface area contributed by atoms with Crippen LogP contribution in [0.15, 0.2) is 0 Å². The molecule has 3 saturated carbocycles. The smallest absolute Gasteiger partial charge is 0.449 e. The molecule has 0 radical (unpaired) electrons. The van der Waals surface area contributed by atoms with Crippen molar-refractivity contribution in [2.45, 2.75) is 37.4 Å². The van der Waals surface area contributed by atoms with Crippen molar-refractivity contribution in [2.75, 3.05) is 6.67 Å². The maximum atomic E-state index is 12.4. The van der Waals surface area contributed by atoms with E-state index in [9.17, 15) is 17.3 Å². The lowest BCUT2D eigenvalue weighted by Gasteiger charge is -2.75. The summed E-state index contributed by atoms with van der Waals surface area (Å²) >= 11 is 0. The minimum absolute atomic E-state index is 0.108. The fraction of sp³-hybridized carbons (Fsp3) is 1.00. The maximum Gasteiger partial charge on any atom is 0.484 e. The van der Waals surface area contributed by atoms with Crippen LogP contribution in [0.25, 0.3) is 0 Å². The summed E-state index contributed by atoms with van der Waals surface area (Å²) in [6.07, 6.45) is 1.93. The van der Waals surface area contributed by atoms with E-state index in [0.717, 1.165) is 0 Å². The summed E-state index contributed by atoms with van der Waals surface area (Å²) in [6.45, 7) is -5.05. The molecule has 3 fully saturated rings.